The van der Waals surface area contributed by atoms with Crippen LogP contribution in [0.4, 0.5) is 0 Å². The number of hydrogen-bond donors (Lipinski definition) is 2. The van der Waals surface area contributed by atoms with E-state index >= 15 is 0 Å². The fourth-order valence-electron chi connectivity index (χ4n) is 2.46. The summed E-state index contributed by atoms with van der Waals surface area (Å²) in [6, 6.07) is 4.30. The summed E-state index contributed by atoms with van der Waals surface area (Å²) < 4.78 is 0. The van der Waals surface area contributed by atoms with Crippen molar-refractivity contribution in [2.24, 2.45) is 11.7 Å². The highest BCUT2D eigenvalue weighted by Gasteiger charge is 2.41. The zero-order chi connectivity index (χ0) is 13.9. The Hall–Kier alpha value is -0.580. The summed E-state index contributed by atoms with van der Waals surface area (Å²) >= 11 is 1.82. The topological polar surface area (TPSA) is 55.1 Å². The van der Waals surface area contributed by atoms with E-state index in [9.17, 15) is 4.79 Å². The molecule has 1 atom stereocenters. The molecule has 0 aromatic carbocycles. The second-order valence-electron chi connectivity index (χ2n) is 5.81. The van der Waals surface area contributed by atoms with Crippen molar-refractivity contribution in [3.05, 3.63) is 21.9 Å². The van der Waals surface area contributed by atoms with E-state index in [1.807, 2.05) is 11.3 Å². The van der Waals surface area contributed by atoms with Gasteiger partial charge in [0.2, 0.25) is 5.91 Å². The third-order valence-corrected chi connectivity index (χ3v) is 5.01. The normalized spacial score (nSPS) is 17.1. The first-order valence-corrected chi connectivity index (χ1v) is 7.91. The molecule has 0 spiro atoms. The van der Waals surface area contributed by atoms with Gasteiger partial charge >= 0.3 is 0 Å². The summed E-state index contributed by atoms with van der Waals surface area (Å²) in [6.45, 7) is 4.72. The molecule has 1 aliphatic rings. The van der Waals surface area contributed by atoms with Crippen LogP contribution in [0.1, 0.15) is 42.4 Å². The second-order valence-corrected chi connectivity index (χ2v) is 7.18. The molecule has 3 N–H and O–H groups in total. The Labute approximate surface area is 131 Å². The van der Waals surface area contributed by atoms with E-state index in [2.05, 4.69) is 31.3 Å². The van der Waals surface area contributed by atoms with Gasteiger partial charge in [-0.1, -0.05) is 0 Å². The summed E-state index contributed by atoms with van der Waals surface area (Å²) in [5.41, 5.74) is 5.62. The molecule has 1 aromatic rings. The first kappa shape index (κ1) is 17.5. The monoisotopic (exact) mass is 316 g/mol. The third-order valence-electron chi connectivity index (χ3n) is 3.95. The van der Waals surface area contributed by atoms with Gasteiger partial charge in [-0.25, -0.2) is 0 Å². The van der Waals surface area contributed by atoms with Gasteiger partial charge in [-0.2, -0.15) is 0 Å². The van der Waals surface area contributed by atoms with Crippen molar-refractivity contribution in [2.75, 3.05) is 6.54 Å². The molecule has 1 fully saturated rings. The van der Waals surface area contributed by atoms with Gasteiger partial charge in [-0.05, 0) is 57.6 Å². The number of amides is 1. The van der Waals surface area contributed by atoms with Crippen molar-refractivity contribution in [1.82, 2.24) is 5.32 Å². The first-order chi connectivity index (χ1) is 9.03. The largest absolute Gasteiger partial charge is 0.349 e. The van der Waals surface area contributed by atoms with Gasteiger partial charge in [0.05, 0.1) is 5.54 Å². The van der Waals surface area contributed by atoms with Crippen LogP contribution in [-0.2, 0) is 11.2 Å². The van der Waals surface area contributed by atoms with Crippen molar-refractivity contribution < 1.29 is 4.79 Å². The Morgan fingerprint density at radius 1 is 1.50 bits per heavy atom. The van der Waals surface area contributed by atoms with Gasteiger partial charge in [0, 0.05) is 22.7 Å². The molecule has 1 heterocycles. The number of thiophene rings is 1. The van der Waals surface area contributed by atoms with Crippen molar-refractivity contribution in [3.63, 3.8) is 0 Å². The van der Waals surface area contributed by atoms with Gasteiger partial charge in [-0.3, -0.25) is 4.79 Å². The van der Waals surface area contributed by atoms with Crippen molar-refractivity contribution in [2.45, 2.75) is 51.5 Å². The van der Waals surface area contributed by atoms with E-state index < -0.39 is 0 Å². The number of rotatable bonds is 7. The number of nitrogens with one attached hydrogen (secondary N) is 1. The molecule has 1 aliphatic carbocycles. The average molecular weight is 317 g/mol. The predicted molar refractivity (Wildman–Crippen MR) is 87.6 cm³/mol. The maximum absolute atomic E-state index is 12.0. The van der Waals surface area contributed by atoms with Crippen LogP contribution in [0.15, 0.2) is 12.1 Å². The standard InChI is InChI=1S/C15H24N2OS.ClH/c1-11-6-9-13(19-11)4-3-5-14(18)17-15(2,10-16)12-7-8-12;/h6,9,12H,3-5,7-8,10,16H2,1-2H3,(H,17,18);1H. The fourth-order valence-corrected chi connectivity index (χ4v) is 3.40. The van der Waals surface area contributed by atoms with Crippen LogP contribution in [0.5, 0.6) is 0 Å². The Morgan fingerprint density at radius 2 is 2.20 bits per heavy atom. The number of nitrogens with two attached hydrogens (primary N) is 1. The molecule has 1 saturated carbocycles. The first-order valence-electron chi connectivity index (χ1n) is 7.10. The summed E-state index contributed by atoms with van der Waals surface area (Å²) in [5.74, 6) is 0.731. The van der Waals surface area contributed by atoms with Crippen LogP contribution >= 0.6 is 23.7 Å². The van der Waals surface area contributed by atoms with Crippen molar-refractivity contribution in [1.29, 1.82) is 0 Å². The second kappa shape index (κ2) is 7.43. The van der Waals surface area contributed by atoms with E-state index in [-0.39, 0.29) is 23.9 Å². The van der Waals surface area contributed by atoms with Gasteiger partial charge in [0.1, 0.15) is 0 Å². The number of halogens is 1. The highest BCUT2D eigenvalue weighted by Crippen LogP contribution is 2.39. The molecule has 0 aliphatic heterocycles. The van der Waals surface area contributed by atoms with Gasteiger partial charge in [0.15, 0.2) is 0 Å². The minimum Gasteiger partial charge on any atom is -0.349 e. The Kier molecular flexibility index (Phi) is 6.49. The molecular weight excluding hydrogens is 292 g/mol. The molecule has 0 radical (unpaired) electrons. The van der Waals surface area contributed by atoms with E-state index in [4.69, 9.17) is 5.73 Å². The summed E-state index contributed by atoms with van der Waals surface area (Å²) in [6.07, 6.45) is 4.90. The Morgan fingerprint density at radius 3 is 2.70 bits per heavy atom. The van der Waals surface area contributed by atoms with Gasteiger partial charge in [-0.15, -0.1) is 23.7 Å². The quantitative estimate of drug-likeness (QED) is 0.812. The lowest BCUT2D eigenvalue weighted by molar-refractivity contribution is -0.123. The molecular formula is C15H25ClN2OS. The average Bonchev–Trinajstić information content (AvgIpc) is 3.14. The predicted octanol–water partition coefficient (Wildman–Crippen LogP) is 3.04. The van der Waals surface area contributed by atoms with Gasteiger partial charge in [0.25, 0.3) is 0 Å². The minimum atomic E-state index is -0.184. The Balaban J connectivity index is 0.00000200. The number of aryl methyl sites for hydroxylation is 2. The molecule has 1 unspecified atom stereocenters. The van der Waals surface area contributed by atoms with E-state index in [1.54, 1.807) is 0 Å². The molecule has 5 heteroatoms. The molecule has 114 valence electrons. The van der Waals surface area contributed by atoms with Crippen LogP contribution in [0, 0.1) is 12.8 Å². The minimum absolute atomic E-state index is 0. The van der Waals surface area contributed by atoms with E-state index in [0.29, 0.717) is 18.9 Å². The molecule has 2 rings (SSSR count). The number of carbonyl (C=O) groups excluding carboxylic acids is 1. The molecule has 1 aromatic heterocycles. The van der Waals surface area contributed by atoms with E-state index in [1.165, 1.54) is 22.6 Å². The van der Waals surface area contributed by atoms with Gasteiger partial charge < -0.3 is 11.1 Å². The third kappa shape index (κ3) is 4.76. The lowest BCUT2D eigenvalue weighted by atomic mass is 9.95. The van der Waals surface area contributed by atoms with Crippen LogP contribution in [0.2, 0.25) is 0 Å². The zero-order valence-electron chi connectivity index (χ0n) is 12.3. The summed E-state index contributed by atoms with van der Waals surface area (Å²) in [7, 11) is 0. The summed E-state index contributed by atoms with van der Waals surface area (Å²) in [5, 5.41) is 3.14. The van der Waals surface area contributed by atoms with Crippen LogP contribution in [-0.4, -0.2) is 18.0 Å². The molecule has 0 saturated heterocycles. The van der Waals surface area contributed by atoms with Crippen LogP contribution < -0.4 is 11.1 Å². The highest BCUT2D eigenvalue weighted by molar-refractivity contribution is 7.11. The maximum atomic E-state index is 12.0. The van der Waals surface area contributed by atoms with Crippen molar-refractivity contribution in [3.8, 4) is 0 Å². The Bertz CT molecular complexity index is 445. The molecule has 3 nitrogen and oxygen atoms in total. The number of carbonyl (C=O) groups is 1. The smallest absolute Gasteiger partial charge is 0.220 e. The van der Waals surface area contributed by atoms with Crippen molar-refractivity contribution >= 4 is 29.7 Å². The molecule has 0 bridgehead atoms. The zero-order valence-corrected chi connectivity index (χ0v) is 13.9. The highest BCUT2D eigenvalue weighted by atomic mass is 35.5. The summed E-state index contributed by atoms with van der Waals surface area (Å²) in [4.78, 5) is 14.7. The molecule has 20 heavy (non-hydrogen) atoms. The van der Waals surface area contributed by atoms with Crippen LogP contribution in [0.25, 0.3) is 0 Å². The maximum Gasteiger partial charge on any atom is 0.220 e. The molecule has 1 amide bonds. The van der Waals surface area contributed by atoms with E-state index in [0.717, 1.165) is 12.8 Å². The fraction of sp³-hybridized carbons (Fsp3) is 0.667. The SMILES string of the molecule is Cc1ccc(CCCC(=O)NC(C)(CN)C2CC2)s1.Cl. The number of hydrogen-bond acceptors (Lipinski definition) is 3. The lowest BCUT2D eigenvalue weighted by Gasteiger charge is -2.29. The lowest BCUT2D eigenvalue weighted by Crippen LogP contribution is -2.53. The van der Waals surface area contributed by atoms with Crippen LogP contribution in [0.3, 0.4) is 0 Å².